The minimum Gasteiger partial charge on any atom is -0.480 e. The summed E-state index contributed by atoms with van der Waals surface area (Å²) in [5.74, 6) is -3.49. The number of carboxylic acid groups (broad SMARTS) is 3. The lowest BCUT2D eigenvalue weighted by molar-refractivity contribution is -0.140. The number of hydrogen-bond acceptors (Lipinski definition) is 10. The summed E-state index contributed by atoms with van der Waals surface area (Å²) in [6.45, 7) is 15.5. The van der Waals surface area contributed by atoms with Crippen LogP contribution in [0.5, 0.6) is 0 Å². The van der Waals surface area contributed by atoms with Crippen LogP contribution in [0.2, 0.25) is 0 Å². The molecule has 1 aliphatic heterocycles. The van der Waals surface area contributed by atoms with Crippen molar-refractivity contribution in [1.29, 1.82) is 0 Å². The van der Waals surface area contributed by atoms with Gasteiger partial charge >= 0.3 is 17.9 Å². The summed E-state index contributed by atoms with van der Waals surface area (Å²) in [5, 5.41) is 30.4. The highest BCUT2D eigenvalue weighted by Crippen LogP contribution is 2.01. The number of ketones is 1. The van der Waals surface area contributed by atoms with E-state index >= 15 is 0 Å². The Kier molecular flexibility index (Phi) is 28.7. The average Bonchev–Trinajstić information content (AvgIpc) is 2.92. The summed E-state index contributed by atoms with van der Waals surface area (Å²) >= 11 is 0. The van der Waals surface area contributed by atoms with Crippen molar-refractivity contribution >= 4 is 29.6 Å². The van der Waals surface area contributed by atoms with Crippen LogP contribution in [-0.2, 0) is 24.0 Å². The molecule has 1 heterocycles. The van der Waals surface area contributed by atoms with Crippen molar-refractivity contribution in [1.82, 2.24) is 24.9 Å². The molecular weight excluding hydrogens is 536 g/mol. The van der Waals surface area contributed by atoms with Gasteiger partial charge in [-0.2, -0.15) is 0 Å². The van der Waals surface area contributed by atoms with E-state index in [1.54, 1.807) is 14.7 Å². The summed E-state index contributed by atoms with van der Waals surface area (Å²) in [6, 6.07) is -0.646. The van der Waals surface area contributed by atoms with Gasteiger partial charge in [-0.05, 0) is 13.3 Å². The van der Waals surface area contributed by atoms with E-state index < -0.39 is 23.9 Å². The van der Waals surface area contributed by atoms with Crippen LogP contribution in [0.3, 0.4) is 0 Å². The highest BCUT2D eigenvalue weighted by Gasteiger charge is 2.21. The first-order chi connectivity index (χ1) is 19.5. The molecule has 1 aliphatic rings. The molecule has 0 spiro atoms. The molecule has 0 bridgehead atoms. The molecule has 0 saturated carbocycles. The zero-order chi connectivity index (χ0) is 32.4. The zero-order valence-electron chi connectivity index (χ0n) is 26.2. The summed E-state index contributed by atoms with van der Waals surface area (Å²) in [6.07, 6.45) is 0.312. The second-order valence-corrected chi connectivity index (χ2v) is 8.64. The third-order valence-corrected chi connectivity index (χ3v) is 5.67. The Bertz CT molecular complexity index is 709. The van der Waals surface area contributed by atoms with Gasteiger partial charge < -0.3 is 26.4 Å². The number of carbonyl (C=O) groups excluding carboxylic acids is 2. The lowest BCUT2D eigenvalue weighted by Crippen LogP contribution is -2.50. The average molecular weight is 593 g/mol. The van der Waals surface area contributed by atoms with Crippen molar-refractivity contribution in [2.45, 2.75) is 60.9 Å². The fourth-order valence-electron chi connectivity index (χ4n) is 3.61. The maximum atomic E-state index is 12.4. The number of nitrogens with one attached hydrogen (secondary N) is 1. The van der Waals surface area contributed by atoms with Crippen molar-refractivity contribution in [2.24, 2.45) is 5.73 Å². The lowest BCUT2D eigenvalue weighted by atomic mass is 10.1. The Morgan fingerprint density at radius 3 is 1.12 bits per heavy atom. The number of aliphatic carboxylic acids is 3. The molecule has 1 fully saturated rings. The van der Waals surface area contributed by atoms with Crippen LogP contribution in [-0.4, -0.2) is 156 Å². The summed E-state index contributed by atoms with van der Waals surface area (Å²) < 4.78 is 0. The smallest absolute Gasteiger partial charge is 0.317 e. The van der Waals surface area contributed by atoms with Gasteiger partial charge in [0.2, 0.25) is 5.91 Å². The Morgan fingerprint density at radius 2 is 0.878 bits per heavy atom. The first-order valence-corrected chi connectivity index (χ1v) is 14.5. The van der Waals surface area contributed by atoms with E-state index in [-0.39, 0.29) is 44.4 Å². The Labute approximate surface area is 245 Å². The minimum absolute atomic E-state index is 0.0161. The van der Waals surface area contributed by atoms with E-state index in [1.807, 2.05) is 46.4 Å². The Hall–Kier alpha value is -2.65. The van der Waals surface area contributed by atoms with Crippen LogP contribution in [0, 0.1) is 0 Å². The molecule has 1 atom stereocenters. The normalized spacial score (nSPS) is 16.4. The van der Waals surface area contributed by atoms with Crippen molar-refractivity contribution in [2.75, 3.05) is 85.1 Å². The molecule has 1 rings (SSSR count). The predicted octanol–water partition coefficient (Wildman–Crippen LogP) is -0.0370. The topological polar surface area (TPSA) is 197 Å². The van der Waals surface area contributed by atoms with Gasteiger partial charge in [0.15, 0.2) is 0 Å². The molecule has 1 saturated heterocycles. The van der Waals surface area contributed by atoms with Gasteiger partial charge in [-0.25, -0.2) is 0 Å². The molecule has 1 unspecified atom stereocenters. The molecule has 242 valence electrons. The van der Waals surface area contributed by atoms with Crippen LogP contribution in [0.4, 0.5) is 0 Å². The quantitative estimate of drug-likeness (QED) is 0.203. The maximum Gasteiger partial charge on any atom is 0.317 e. The molecule has 0 aromatic carbocycles. The number of Topliss-reactive ketones (excluding diaryl/α,β-unsaturated/α-hetero) is 1. The van der Waals surface area contributed by atoms with Gasteiger partial charge in [0.05, 0.1) is 32.2 Å². The minimum atomic E-state index is -1.02. The van der Waals surface area contributed by atoms with Crippen molar-refractivity contribution in [3.05, 3.63) is 0 Å². The van der Waals surface area contributed by atoms with Gasteiger partial charge in [0, 0.05) is 58.9 Å². The molecule has 0 aromatic heterocycles. The number of hydrogen-bond donors (Lipinski definition) is 5. The molecule has 0 aliphatic carbocycles. The number of nitrogens with two attached hydrogens (primary N) is 1. The lowest BCUT2D eigenvalue weighted by Gasteiger charge is -2.32. The van der Waals surface area contributed by atoms with Gasteiger partial charge in [-0.3, -0.25) is 43.6 Å². The molecule has 14 nitrogen and oxygen atoms in total. The number of nitrogens with zero attached hydrogens (tertiary/aromatic N) is 4. The molecule has 0 radical (unpaired) electrons. The van der Waals surface area contributed by atoms with Gasteiger partial charge in [0.1, 0.15) is 5.78 Å². The number of carboxylic acids is 3. The van der Waals surface area contributed by atoms with E-state index in [9.17, 15) is 39.3 Å². The third kappa shape index (κ3) is 24.8. The monoisotopic (exact) mass is 592 g/mol. The van der Waals surface area contributed by atoms with Crippen molar-refractivity contribution < 1.29 is 39.3 Å². The van der Waals surface area contributed by atoms with Crippen LogP contribution < -0.4 is 11.1 Å². The number of rotatable bonds is 12. The van der Waals surface area contributed by atoms with Gasteiger partial charge in [0.25, 0.3) is 0 Å². The summed E-state index contributed by atoms with van der Waals surface area (Å²) in [7, 11) is 0. The second-order valence-electron chi connectivity index (χ2n) is 8.64. The van der Waals surface area contributed by atoms with E-state index in [4.69, 9.17) is 5.73 Å². The molecule has 0 aromatic rings. The van der Waals surface area contributed by atoms with E-state index in [1.165, 1.54) is 6.92 Å². The second kappa shape index (κ2) is 27.5. The van der Waals surface area contributed by atoms with E-state index in [0.717, 1.165) is 0 Å². The van der Waals surface area contributed by atoms with Crippen LogP contribution in [0.1, 0.15) is 54.9 Å². The van der Waals surface area contributed by atoms with Crippen LogP contribution in [0.15, 0.2) is 0 Å². The summed E-state index contributed by atoms with van der Waals surface area (Å²) in [5.41, 5.74) is 5.68. The highest BCUT2D eigenvalue weighted by molar-refractivity contribution is 5.81. The number of carbonyl (C=O) groups is 5. The van der Waals surface area contributed by atoms with E-state index in [0.29, 0.717) is 58.8 Å². The first-order valence-electron chi connectivity index (χ1n) is 14.5. The highest BCUT2D eigenvalue weighted by atomic mass is 16.4. The van der Waals surface area contributed by atoms with E-state index in [2.05, 4.69) is 5.32 Å². The molecular formula is C27H56N6O8. The van der Waals surface area contributed by atoms with Gasteiger partial charge in [-0.1, -0.05) is 41.5 Å². The van der Waals surface area contributed by atoms with Gasteiger partial charge in [-0.15, -0.1) is 0 Å². The molecule has 6 N–H and O–H groups in total. The largest absolute Gasteiger partial charge is 0.480 e. The van der Waals surface area contributed by atoms with Crippen molar-refractivity contribution in [3.8, 4) is 0 Å². The SMILES string of the molecule is CC.CC.CC.CC(=O)C(N)CCNC(=O)CN1CCN(CC(=O)O)CCN(CC(=O)O)CCN(CC(=O)O)CC1. The zero-order valence-corrected chi connectivity index (χ0v) is 26.2. The Morgan fingerprint density at radius 1 is 0.610 bits per heavy atom. The standard InChI is InChI=1S/C21H38N6O8.3C2H6/c1-16(28)17(22)2-3-23-18(29)12-24-4-6-25(13-19(30)31)8-10-27(15-21(34)35)11-9-26(7-5-24)14-20(32)33;3*1-2/h17H,2-15,22H2,1H3,(H,23,29)(H,30,31)(H,32,33)(H,34,35);3*1-2H3. The van der Waals surface area contributed by atoms with Crippen LogP contribution >= 0.6 is 0 Å². The predicted molar refractivity (Wildman–Crippen MR) is 159 cm³/mol. The fraction of sp³-hybridized carbons (Fsp3) is 0.815. The number of amides is 1. The Balaban J connectivity index is -0.00000225. The maximum absolute atomic E-state index is 12.4. The molecule has 14 heteroatoms. The fourth-order valence-corrected chi connectivity index (χ4v) is 3.61. The molecule has 1 amide bonds. The molecule has 41 heavy (non-hydrogen) atoms. The van der Waals surface area contributed by atoms with Crippen LogP contribution in [0.25, 0.3) is 0 Å². The van der Waals surface area contributed by atoms with Crippen molar-refractivity contribution in [3.63, 3.8) is 0 Å². The third-order valence-electron chi connectivity index (χ3n) is 5.67. The summed E-state index contributed by atoms with van der Waals surface area (Å²) in [4.78, 5) is 64.4. The first kappa shape index (κ1) is 42.8.